The summed E-state index contributed by atoms with van der Waals surface area (Å²) in [7, 11) is 0. The second-order valence-corrected chi connectivity index (χ2v) is 22.4. The monoisotopic (exact) mass is 888 g/mol. The third-order valence-corrected chi connectivity index (χ3v) is 18.3. The highest BCUT2D eigenvalue weighted by molar-refractivity contribution is 7.26. The Balaban J connectivity index is 1.11. The van der Waals surface area contributed by atoms with Crippen molar-refractivity contribution in [3.05, 3.63) is 209 Å². The van der Waals surface area contributed by atoms with Gasteiger partial charge in [0.1, 0.15) is 5.58 Å². The Bertz CT molecular complexity index is 4050. The maximum absolute atomic E-state index is 7.28. The molecule has 0 atom stereocenters. The van der Waals surface area contributed by atoms with Gasteiger partial charge in [-0.1, -0.05) is 167 Å². The normalized spacial score (nSPS) is 17.0. The average Bonchev–Trinajstić information content (AvgIpc) is 4.04. The molecule has 3 aliphatic heterocycles. The van der Waals surface area contributed by atoms with E-state index in [9.17, 15) is 0 Å². The molecule has 5 aliphatic rings. The molecule has 0 N–H and O–H groups in total. The summed E-state index contributed by atoms with van der Waals surface area (Å²) in [6.45, 7) is 9.63. The summed E-state index contributed by atoms with van der Waals surface area (Å²) >= 11 is 1.94. The number of hydrogen-bond donors (Lipinski definition) is 0. The van der Waals surface area contributed by atoms with Crippen LogP contribution in [0.3, 0.4) is 0 Å². The zero-order valence-electron chi connectivity index (χ0n) is 38.4. The zero-order valence-corrected chi connectivity index (χ0v) is 39.3. The molecule has 0 radical (unpaired) electrons. The molecular weight excluding hydrogens is 844 g/mol. The second-order valence-electron chi connectivity index (χ2n) is 21.3. The van der Waals surface area contributed by atoms with Gasteiger partial charge in [-0.25, -0.2) is 0 Å². The summed E-state index contributed by atoms with van der Waals surface area (Å²) in [4.78, 5) is 5.41. The van der Waals surface area contributed by atoms with Crippen molar-refractivity contribution in [2.24, 2.45) is 0 Å². The Labute approximate surface area is 400 Å². The number of rotatable bonds is 1. The molecule has 0 amide bonds. The van der Waals surface area contributed by atoms with Crippen LogP contribution in [0.4, 0.5) is 28.4 Å². The van der Waals surface area contributed by atoms with Crippen molar-refractivity contribution < 1.29 is 4.42 Å². The molecule has 5 heteroatoms. The molecule has 2 aromatic heterocycles. The van der Waals surface area contributed by atoms with Gasteiger partial charge >= 0.3 is 6.85 Å². The molecule has 1 spiro atoms. The molecular formula is C63H45BN2OS. The smallest absolute Gasteiger partial charge is 0.333 e. The maximum atomic E-state index is 7.28. The first-order chi connectivity index (χ1) is 33.2. The fourth-order valence-corrected chi connectivity index (χ4v) is 15.2. The molecule has 0 fully saturated rings. The minimum absolute atomic E-state index is 0.0290. The molecule has 9 aromatic carbocycles. The van der Waals surface area contributed by atoms with Gasteiger partial charge in [-0.05, 0) is 121 Å². The summed E-state index contributed by atoms with van der Waals surface area (Å²) < 4.78 is 9.93. The van der Waals surface area contributed by atoms with Gasteiger partial charge in [0.05, 0.1) is 27.2 Å². The quantitative estimate of drug-likeness (QED) is 0.153. The van der Waals surface area contributed by atoms with Crippen LogP contribution >= 0.6 is 11.3 Å². The van der Waals surface area contributed by atoms with E-state index in [4.69, 9.17) is 4.42 Å². The lowest BCUT2D eigenvalue weighted by molar-refractivity contribution is 0.332. The minimum atomic E-state index is -0.550. The molecule has 2 aliphatic carbocycles. The largest absolute Gasteiger partial charge is 0.454 e. The van der Waals surface area contributed by atoms with Gasteiger partial charge in [-0.3, -0.25) is 0 Å². The number of anilines is 5. The molecule has 3 nitrogen and oxygen atoms in total. The number of furan rings is 1. The van der Waals surface area contributed by atoms with Gasteiger partial charge in [0.2, 0.25) is 0 Å². The van der Waals surface area contributed by atoms with Crippen molar-refractivity contribution in [3.63, 3.8) is 0 Å². The number of hydrogen-bond acceptors (Lipinski definition) is 4. The topological polar surface area (TPSA) is 19.6 Å². The van der Waals surface area contributed by atoms with Crippen LogP contribution < -0.4 is 20.6 Å². The number of fused-ring (bicyclic) bond motifs is 22. The standard InChI is InChI=1S/C63H45BN2OS/c1-61(2)32-33-62(3,4)50-34-36(28-31-47(50)61)66-56-41(29-30-42-40-19-8-14-27-54(40)68-60(42)56)43-35-44-39-18-7-13-26-53(39)67-59(44)58-55(43)64(66)51-24-15-23-49-57(51)65(58)52-25-12-11-22-48(52)63(49)45-20-9-5-16-37(45)38-17-6-10-21-46(38)63/h5-31,34-35H,32-33H2,1-4H3. The van der Waals surface area contributed by atoms with Gasteiger partial charge in [-0.2, -0.15) is 0 Å². The van der Waals surface area contributed by atoms with Crippen LogP contribution in [0, 0.1) is 0 Å². The van der Waals surface area contributed by atoms with Crippen LogP contribution in [-0.2, 0) is 16.2 Å². The molecule has 322 valence electrons. The number of thiophene rings is 1. The molecule has 11 aromatic rings. The molecule has 5 heterocycles. The number of nitrogens with zero attached hydrogens (tertiary/aromatic N) is 2. The van der Waals surface area contributed by atoms with E-state index in [1.807, 2.05) is 11.3 Å². The van der Waals surface area contributed by atoms with E-state index in [-0.39, 0.29) is 17.7 Å². The van der Waals surface area contributed by atoms with E-state index < -0.39 is 5.41 Å². The highest BCUT2D eigenvalue weighted by Crippen LogP contribution is 2.65. The molecule has 0 saturated carbocycles. The maximum Gasteiger partial charge on any atom is 0.333 e. The van der Waals surface area contributed by atoms with Crippen molar-refractivity contribution in [1.82, 2.24) is 0 Å². The third-order valence-electron chi connectivity index (χ3n) is 17.1. The Morgan fingerprint density at radius 1 is 0.485 bits per heavy atom. The van der Waals surface area contributed by atoms with E-state index in [1.54, 1.807) is 0 Å². The Hall–Kier alpha value is -7.34. The lowest BCUT2D eigenvalue weighted by Crippen LogP contribution is -2.62. The van der Waals surface area contributed by atoms with Gasteiger partial charge in [-0.15, -0.1) is 11.3 Å². The lowest BCUT2D eigenvalue weighted by atomic mass is 9.42. The van der Waals surface area contributed by atoms with Gasteiger partial charge in [0.25, 0.3) is 0 Å². The first kappa shape index (κ1) is 37.7. The summed E-state index contributed by atoms with van der Waals surface area (Å²) in [5.74, 6) is 0. The van der Waals surface area contributed by atoms with Gasteiger partial charge in [0.15, 0.2) is 5.58 Å². The fraction of sp³-hybridized carbons (Fsp3) is 0.143. The van der Waals surface area contributed by atoms with E-state index >= 15 is 0 Å². The van der Waals surface area contributed by atoms with Crippen LogP contribution in [0.15, 0.2) is 180 Å². The zero-order chi connectivity index (χ0) is 45.0. The number of para-hydroxylation sites is 3. The predicted molar refractivity (Wildman–Crippen MR) is 286 cm³/mol. The average molecular weight is 889 g/mol. The van der Waals surface area contributed by atoms with Crippen molar-refractivity contribution >= 4 is 99.7 Å². The molecule has 0 saturated heterocycles. The molecule has 16 rings (SSSR count). The van der Waals surface area contributed by atoms with Crippen molar-refractivity contribution in [3.8, 4) is 22.3 Å². The first-order valence-electron chi connectivity index (χ1n) is 24.3. The SMILES string of the molecule is CC1(C)CCC(C)(C)c2cc(N3B4c5cccc6c5N(c5ccccc5C65c6ccccc6-c6ccccc65)c5c4c(cc4c5oc5ccccc54)-c4ccc5c(sc6ccccc65)c43)ccc21. The minimum Gasteiger partial charge on any atom is -0.454 e. The Morgan fingerprint density at radius 3 is 1.97 bits per heavy atom. The lowest BCUT2D eigenvalue weighted by Gasteiger charge is -2.51. The second kappa shape index (κ2) is 12.6. The van der Waals surface area contributed by atoms with Crippen molar-refractivity contribution in [1.29, 1.82) is 0 Å². The number of benzene rings is 9. The summed E-state index contributed by atoms with van der Waals surface area (Å²) in [6.07, 6.45) is 2.33. The van der Waals surface area contributed by atoms with Gasteiger partial charge in [0, 0.05) is 43.2 Å². The van der Waals surface area contributed by atoms with E-state index in [0.717, 1.165) is 34.0 Å². The highest BCUT2D eigenvalue weighted by atomic mass is 32.1. The predicted octanol–water partition coefficient (Wildman–Crippen LogP) is 15.7. The Kier molecular flexibility index (Phi) is 6.99. The fourth-order valence-electron chi connectivity index (χ4n) is 14.0. The van der Waals surface area contributed by atoms with Crippen LogP contribution in [-0.4, -0.2) is 6.85 Å². The van der Waals surface area contributed by atoms with E-state index in [1.165, 1.54) is 116 Å². The Morgan fingerprint density at radius 2 is 1.16 bits per heavy atom. The van der Waals surface area contributed by atoms with Crippen LogP contribution in [0.1, 0.15) is 73.9 Å². The molecule has 68 heavy (non-hydrogen) atoms. The van der Waals surface area contributed by atoms with Crippen LogP contribution in [0.25, 0.3) is 64.4 Å². The summed E-state index contributed by atoms with van der Waals surface area (Å²) in [6, 6.07) is 67.4. The van der Waals surface area contributed by atoms with E-state index in [2.05, 4.69) is 213 Å². The van der Waals surface area contributed by atoms with Crippen molar-refractivity contribution in [2.75, 3.05) is 9.71 Å². The van der Waals surface area contributed by atoms with E-state index in [0.29, 0.717) is 0 Å². The summed E-state index contributed by atoms with van der Waals surface area (Å²) in [5, 5.41) is 4.92. The molecule has 0 unspecified atom stereocenters. The first-order valence-corrected chi connectivity index (χ1v) is 25.2. The molecule has 0 bridgehead atoms. The third kappa shape index (κ3) is 4.40. The van der Waals surface area contributed by atoms with Crippen molar-refractivity contribution in [2.45, 2.75) is 56.8 Å². The highest BCUT2D eigenvalue weighted by Gasteiger charge is 2.56. The van der Waals surface area contributed by atoms with Crippen LogP contribution in [0.5, 0.6) is 0 Å². The van der Waals surface area contributed by atoms with Gasteiger partial charge < -0.3 is 14.1 Å². The summed E-state index contributed by atoms with van der Waals surface area (Å²) in [5.41, 5.74) is 23.5. The van der Waals surface area contributed by atoms with Crippen LogP contribution in [0.2, 0.25) is 0 Å².